The number of hydrogen-bond acceptors (Lipinski definition) is 0. The first-order chi connectivity index (χ1) is 18.9. The van der Waals surface area contributed by atoms with Crippen LogP contribution in [0.15, 0.2) is 103 Å². The van der Waals surface area contributed by atoms with Gasteiger partial charge in [0.25, 0.3) is 0 Å². The van der Waals surface area contributed by atoms with E-state index in [0.29, 0.717) is 3.63 Å². The molecule has 5 aromatic carbocycles. The number of fused-ring (bicyclic) bond motifs is 1. The molecule has 0 radical (unpaired) electrons. The summed E-state index contributed by atoms with van der Waals surface area (Å²) < 4.78 is 0.711. The van der Waals surface area contributed by atoms with Gasteiger partial charge < -0.3 is 0 Å². The SMILES string of the molecule is CC1=C([Si](C)(C)C2=C(C)c3cccc4cccc2c34)c2cccc3cccc1c23.[Zr][CH]1C=Cc2ccccc21. The van der Waals surface area contributed by atoms with Crippen LogP contribution in [0, 0.1) is 0 Å². The number of benzene rings is 5. The molecule has 0 bridgehead atoms. The van der Waals surface area contributed by atoms with Gasteiger partial charge in [0.05, 0.1) is 0 Å². The first kappa shape index (κ1) is 24.9. The van der Waals surface area contributed by atoms with Crippen LogP contribution in [0.4, 0.5) is 0 Å². The fourth-order valence-electron chi connectivity index (χ4n) is 7.38. The molecular formula is C37H31SiZr. The van der Waals surface area contributed by atoms with Crippen LogP contribution >= 0.6 is 0 Å². The molecule has 0 aromatic heterocycles. The molecule has 0 aliphatic heterocycles. The second-order valence-electron chi connectivity index (χ2n) is 11.5. The van der Waals surface area contributed by atoms with Gasteiger partial charge in [-0.15, -0.1) is 0 Å². The standard InChI is InChI=1S/C28H24Si.C9H7.Zr/c1-17-21-13-5-9-19-11-7-15-23(25(19)21)27(17)29(3,4)28-18(2)22-14-6-10-20-12-8-16-24(28)26(20)22;1-2-5-9-7-3-6-8(9)4-1;/h5-16H,1-4H3;1-7H;. The van der Waals surface area contributed by atoms with Crippen LogP contribution in [-0.2, 0) is 24.7 Å². The van der Waals surface area contributed by atoms with Crippen molar-refractivity contribution in [1.82, 2.24) is 0 Å². The van der Waals surface area contributed by atoms with Crippen molar-refractivity contribution in [3.8, 4) is 0 Å². The van der Waals surface area contributed by atoms with E-state index in [4.69, 9.17) is 0 Å². The minimum absolute atomic E-state index is 0.711. The Morgan fingerprint density at radius 2 is 1.03 bits per heavy atom. The second kappa shape index (κ2) is 9.26. The van der Waals surface area contributed by atoms with Gasteiger partial charge in [-0.25, -0.2) is 0 Å². The maximum absolute atomic E-state index is 2.56. The first-order valence-electron chi connectivity index (χ1n) is 13.8. The van der Waals surface area contributed by atoms with E-state index in [9.17, 15) is 0 Å². The predicted molar refractivity (Wildman–Crippen MR) is 169 cm³/mol. The zero-order valence-corrected chi connectivity index (χ0v) is 26.4. The molecule has 0 spiro atoms. The van der Waals surface area contributed by atoms with Gasteiger partial charge in [0.2, 0.25) is 0 Å². The Kier molecular flexibility index (Phi) is 5.92. The van der Waals surface area contributed by atoms with Gasteiger partial charge in [0.15, 0.2) is 0 Å². The molecule has 0 amide bonds. The van der Waals surface area contributed by atoms with E-state index < -0.39 is 8.07 Å². The van der Waals surface area contributed by atoms with Crippen LogP contribution in [-0.4, -0.2) is 8.07 Å². The third-order valence-corrected chi connectivity index (χ3v) is 14.0. The molecule has 0 heterocycles. The molecule has 2 heteroatoms. The van der Waals surface area contributed by atoms with Crippen molar-refractivity contribution in [2.45, 2.75) is 30.6 Å². The van der Waals surface area contributed by atoms with E-state index in [1.807, 2.05) is 0 Å². The van der Waals surface area contributed by atoms with Crippen LogP contribution in [0.3, 0.4) is 0 Å². The van der Waals surface area contributed by atoms with Crippen LogP contribution in [0.25, 0.3) is 49.2 Å². The van der Waals surface area contributed by atoms with E-state index in [0.717, 1.165) is 0 Å². The Balaban J connectivity index is 0.000000213. The molecule has 0 fully saturated rings. The fourth-order valence-corrected chi connectivity index (χ4v) is 12.4. The van der Waals surface area contributed by atoms with Gasteiger partial charge in [0, 0.05) is 0 Å². The molecule has 3 aliphatic carbocycles. The number of rotatable bonds is 2. The molecule has 187 valence electrons. The Labute approximate surface area is 247 Å². The maximum atomic E-state index is 2.56. The van der Waals surface area contributed by atoms with Gasteiger partial charge in [-0.05, 0) is 79.2 Å². The number of allylic oxidation sites excluding steroid dienone is 3. The summed E-state index contributed by atoms with van der Waals surface area (Å²) in [4.78, 5) is 0. The third kappa shape index (κ3) is 3.72. The van der Waals surface area contributed by atoms with Gasteiger partial charge in [-0.2, -0.15) is 0 Å². The Morgan fingerprint density at radius 3 is 1.51 bits per heavy atom. The van der Waals surface area contributed by atoms with Crippen molar-refractivity contribution in [3.63, 3.8) is 0 Å². The molecule has 5 aromatic rings. The monoisotopic (exact) mass is 593 g/mol. The summed E-state index contributed by atoms with van der Waals surface area (Å²) in [7, 11) is -1.95. The fraction of sp³-hybridized carbons (Fsp3) is 0.135. The quantitative estimate of drug-likeness (QED) is 0.178. The van der Waals surface area contributed by atoms with E-state index >= 15 is 0 Å². The van der Waals surface area contributed by atoms with Crippen molar-refractivity contribution in [2.75, 3.05) is 0 Å². The molecule has 1 unspecified atom stereocenters. The average Bonchev–Trinajstić information content (AvgIpc) is 3.57. The van der Waals surface area contributed by atoms with E-state index in [1.54, 1.807) is 35.1 Å². The van der Waals surface area contributed by atoms with E-state index in [1.165, 1.54) is 66.1 Å². The average molecular weight is 595 g/mol. The molecule has 39 heavy (non-hydrogen) atoms. The zero-order chi connectivity index (χ0) is 26.9. The zero-order valence-electron chi connectivity index (χ0n) is 23.0. The molecule has 0 saturated carbocycles. The molecule has 8 rings (SSSR count). The van der Waals surface area contributed by atoms with Crippen molar-refractivity contribution < 1.29 is 24.7 Å². The first-order valence-corrected chi connectivity index (χ1v) is 18.3. The third-order valence-electron chi connectivity index (χ3n) is 8.96. The molecule has 0 N–H and O–H groups in total. The van der Waals surface area contributed by atoms with Crippen molar-refractivity contribution in [1.29, 1.82) is 0 Å². The van der Waals surface area contributed by atoms with Crippen LogP contribution in [0.2, 0.25) is 13.1 Å². The van der Waals surface area contributed by atoms with Gasteiger partial charge in [-0.1, -0.05) is 85.9 Å². The summed E-state index contributed by atoms with van der Waals surface area (Å²) in [5, 5.41) is 8.86. The van der Waals surface area contributed by atoms with Gasteiger partial charge in [-0.3, -0.25) is 0 Å². The summed E-state index contributed by atoms with van der Waals surface area (Å²) in [5.41, 5.74) is 11.7. The molecule has 0 nitrogen and oxygen atoms in total. The Bertz CT molecular complexity index is 1800. The summed E-state index contributed by atoms with van der Waals surface area (Å²) in [5.74, 6) is 0. The Hall–Kier alpha value is -3.06. The molecule has 3 aliphatic rings. The number of hydrogen-bond donors (Lipinski definition) is 0. The van der Waals surface area contributed by atoms with Gasteiger partial charge in [0.1, 0.15) is 8.07 Å². The molecule has 1 atom stereocenters. The summed E-state index contributed by atoms with van der Waals surface area (Å²) >= 11 is 1.59. The Morgan fingerprint density at radius 1 is 0.564 bits per heavy atom. The van der Waals surface area contributed by atoms with E-state index in [-0.39, 0.29) is 0 Å². The summed E-state index contributed by atoms with van der Waals surface area (Å²) in [6, 6.07) is 35.8. The van der Waals surface area contributed by atoms with Crippen LogP contribution in [0.5, 0.6) is 0 Å². The summed E-state index contributed by atoms with van der Waals surface area (Å²) in [6.45, 7) is 9.80. The van der Waals surface area contributed by atoms with E-state index in [2.05, 4.69) is 136 Å². The topological polar surface area (TPSA) is 0 Å². The van der Waals surface area contributed by atoms with Crippen LogP contribution in [0.1, 0.15) is 50.9 Å². The van der Waals surface area contributed by atoms with Gasteiger partial charge >= 0.3 is 75.9 Å². The summed E-state index contributed by atoms with van der Waals surface area (Å²) in [6.07, 6.45) is 4.50. The molecular weight excluding hydrogens is 564 g/mol. The van der Waals surface area contributed by atoms with Crippen molar-refractivity contribution in [2.24, 2.45) is 0 Å². The second-order valence-corrected chi connectivity index (χ2v) is 17.3. The minimum atomic E-state index is -1.95. The normalized spacial score (nSPS) is 16.7. The molecule has 0 saturated heterocycles. The van der Waals surface area contributed by atoms with Crippen molar-refractivity contribution >= 4 is 57.2 Å². The predicted octanol–water partition coefficient (Wildman–Crippen LogP) is 10.3. The van der Waals surface area contributed by atoms with Crippen molar-refractivity contribution in [3.05, 3.63) is 137 Å². The van der Waals surface area contributed by atoms with Crippen LogP contribution < -0.4 is 0 Å².